The standard InChI is InChI=1S/C35H35FN4O3/c1-35(2,38-34(42)43)19-21-14-27-8-9-28(15-21)40(27)33(41)25-6-10-29(22-7-11-32-24(16-22)12-13-39(32)3)30(17-25)23-4-5-26(20-37)31(36)18-23/h4-7,10-13,16-18,21,27-28,38H,8-9,14-15,19H2,1-3H3,(H,42,43). The number of rotatable bonds is 6. The van der Waals surface area contributed by atoms with Gasteiger partial charge in [-0.1, -0.05) is 18.2 Å². The summed E-state index contributed by atoms with van der Waals surface area (Å²) in [5.41, 5.74) is 4.25. The van der Waals surface area contributed by atoms with Crippen LogP contribution in [-0.4, -0.2) is 44.2 Å². The summed E-state index contributed by atoms with van der Waals surface area (Å²) in [4.78, 5) is 27.4. The van der Waals surface area contributed by atoms with Crippen LogP contribution >= 0.6 is 0 Å². The number of halogens is 1. The average Bonchev–Trinajstić information content (AvgIpc) is 3.46. The minimum absolute atomic E-state index is 0.0237. The molecule has 1 aromatic heterocycles. The first-order valence-electron chi connectivity index (χ1n) is 14.8. The first-order valence-corrected chi connectivity index (χ1v) is 14.8. The number of aromatic nitrogens is 1. The zero-order chi connectivity index (χ0) is 30.5. The monoisotopic (exact) mass is 578 g/mol. The number of nitrogens with one attached hydrogen (secondary N) is 1. The normalized spacial score (nSPS) is 19.8. The molecule has 2 aliphatic heterocycles. The Morgan fingerprint density at radius 1 is 1.00 bits per heavy atom. The number of carbonyl (C=O) groups is 2. The van der Waals surface area contributed by atoms with E-state index >= 15 is 0 Å². The minimum Gasteiger partial charge on any atom is -0.465 e. The van der Waals surface area contributed by atoms with E-state index < -0.39 is 17.4 Å². The summed E-state index contributed by atoms with van der Waals surface area (Å²) in [5.74, 6) is -0.299. The van der Waals surface area contributed by atoms with Crippen molar-refractivity contribution in [3.05, 3.63) is 83.8 Å². The van der Waals surface area contributed by atoms with Crippen molar-refractivity contribution in [3.8, 4) is 28.3 Å². The van der Waals surface area contributed by atoms with E-state index in [1.54, 1.807) is 6.07 Å². The molecule has 220 valence electrons. The van der Waals surface area contributed by atoms with Crippen LogP contribution in [0.3, 0.4) is 0 Å². The van der Waals surface area contributed by atoms with Gasteiger partial charge in [-0.05, 0) is 117 Å². The summed E-state index contributed by atoms with van der Waals surface area (Å²) in [7, 11) is 2.00. The van der Waals surface area contributed by atoms with Crippen LogP contribution in [0.2, 0.25) is 0 Å². The number of benzene rings is 3. The Morgan fingerprint density at radius 3 is 2.37 bits per heavy atom. The number of aryl methyl sites for hydroxylation is 1. The summed E-state index contributed by atoms with van der Waals surface area (Å²) < 4.78 is 16.9. The van der Waals surface area contributed by atoms with E-state index in [2.05, 4.69) is 28.1 Å². The van der Waals surface area contributed by atoms with Crippen molar-refractivity contribution in [2.75, 3.05) is 0 Å². The SMILES string of the molecule is Cn1ccc2cc(-c3ccc(C(=O)N4C5CCC4CC(CC(C)(C)NC(=O)O)C5)cc3-c3ccc(C#N)c(F)c3)ccc21. The molecule has 0 radical (unpaired) electrons. The molecule has 7 nitrogen and oxygen atoms in total. The molecule has 6 rings (SSSR count). The van der Waals surface area contributed by atoms with Gasteiger partial charge in [0.15, 0.2) is 0 Å². The molecule has 2 N–H and O–H groups in total. The molecule has 0 saturated carbocycles. The molecule has 3 aromatic carbocycles. The highest BCUT2D eigenvalue weighted by Gasteiger charge is 2.44. The fraction of sp³-hybridized carbons (Fsp3) is 0.343. The van der Waals surface area contributed by atoms with E-state index in [9.17, 15) is 24.3 Å². The fourth-order valence-electron chi connectivity index (χ4n) is 7.39. The van der Waals surface area contributed by atoms with E-state index in [1.807, 2.05) is 62.3 Å². The molecule has 8 heteroatoms. The summed E-state index contributed by atoms with van der Waals surface area (Å²) in [6.07, 6.45) is 5.26. The number of piperidine rings is 1. The molecular formula is C35H35FN4O3. The highest BCUT2D eigenvalue weighted by atomic mass is 19.1. The third kappa shape index (κ3) is 5.48. The van der Waals surface area contributed by atoms with Gasteiger partial charge in [0.1, 0.15) is 11.9 Å². The Bertz CT molecular complexity index is 1770. The Labute approximate surface area is 250 Å². The molecule has 2 unspecified atom stereocenters. The lowest BCUT2D eigenvalue weighted by Gasteiger charge is -2.41. The number of hydrogen-bond donors (Lipinski definition) is 2. The first kappa shape index (κ1) is 28.5. The summed E-state index contributed by atoms with van der Waals surface area (Å²) in [5, 5.41) is 22.2. The third-order valence-electron chi connectivity index (χ3n) is 9.17. The van der Waals surface area contributed by atoms with Crippen molar-refractivity contribution in [2.24, 2.45) is 13.0 Å². The van der Waals surface area contributed by atoms with Crippen LogP contribution in [0, 0.1) is 23.1 Å². The van der Waals surface area contributed by atoms with Gasteiger partial charge in [-0.15, -0.1) is 0 Å². The van der Waals surface area contributed by atoms with Gasteiger partial charge in [-0.25, -0.2) is 9.18 Å². The lowest BCUT2D eigenvalue weighted by Crippen LogP contribution is -2.49. The van der Waals surface area contributed by atoms with E-state index in [-0.39, 0.29) is 23.6 Å². The largest absolute Gasteiger partial charge is 0.465 e. The van der Waals surface area contributed by atoms with Crippen molar-refractivity contribution >= 4 is 22.9 Å². The van der Waals surface area contributed by atoms with Crippen molar-refractivity contribution in [1.29, 1.82) is 5.26 Å². The summed E-state index contributed by atoms with van der Waals surface area (Å²) in [6, 6.07) is 20.6. The smallest absolute Gasteiger partial charge is 0.405 e. The predicted molar refractivity (Wildman–Crippen MR) is 164 cm³/mol. The van der Waals surface area contributed by atoms with Crippen LogP contribution in [0.25, 0.3) is 33.2 Å². The van der Waals surface area contributed by atoms with Gasteiger partial charge in [-0.2, -0.15) is 5.26 Å². The van der Waals surface area contributed by atoms with Crippen LogP contribution in [-0.2, 0) is 7.05 Å². The van der Waals surface area contributed by atoms with Crippen molar-refractivity contribution in [2.45, 2.75) is 63.6 Å². The van der Waals surface area contributed by atoms with Crippen LogP contribution in [0.15, 0.2) is 66.9 Å². The van der Waals surface area contributed by atoms with E-state index in [0.717, 1.165) is 59.7 Å². The van der Waals surface area contributed by atoms with E-state index in [4.69, 9.17) is 0 Å². The molecule has 0 spiro atoms. The van der Waals surface area contributed by atoms with E-state index in [1.165, 1.54) is 12.1 Å². The summed E-state index contributed by atoms with van der Waals surface area (Å²) >= 11 is 0. The van der Waals surface area contributed by atoms with Crippen molar-refractivity contribution in [3.63, 3.8) is 0 Å². The Morgan fingerprint density at radius 2 is 1.70 bits per heavy atom. The Kier molecular flexibility index (Phi) is 7.21. The van der Waals surface area contributed by atoms with Gasteiger partial charge in [0, 0.05) is 47.3 Å². The maximum Gasteiger partial charge on any atom is 0.405 e. The molecule has 2 fully saturated rings. The molecular weight excluding hydrogens is 543 g/mol. The maximum atomic E-state index is 14.8. The number of nitriles is 1. The summed E-state index contributed by atoms with van der Waals surface area (Å²) in [6.45, 7) is 3.82. The first-order chi connectivity index (χ1) is 20.5. The number of fused-ring (bicyclic) bond motifs is 3. The quantitative estimate of drug-likeness (QED) is 0.250. The van der Waals surface area contributed by atoms with Crippen LogP contribution in [0.5, 0.6) is 0 Å². The molecule has 43 heavy (non-hydrogen) atoms. The lowest BCUT2D eigenvalue weighted by atomic mass is 9.81. The Hall–Kier alpha value is -4.64. The topological polar surface area (TPSA) is 98.4 Å². The Balaban J connectivity index is 1.34. The van der Waals surface area contributed by atoms with Gasteiger partial charge in [0.2, 0.25) is 0 Å². The fourth-order valence-corrected chi connectivity index (χ4v) is 7.39. The molecule has 2 aliphatic rings. The third-order valence-corrected chi connectivity index (χ3v) is 9.17. The molecule has 0 aliphatic carbocycles. The molecule has 3 heterocycles. The van der Waals surface area contributed by atoms with Gasteiger partial charge in [0.25, 0.3) is 5.91 Å². The molecule has 4 aromatic rings. The minimum atomic E-state index is -1.02. The van der Waals surface area contributed by atoms with Crippen molar-refractivity contribution in [1.82, 2.24) is 14.8 Å². The second kappa shape index (κ2) is 10.9. The van der Waals surface area contributed by atoms with E-state index in [0.29, 0.717) is 17.0 Å². The van der Waals surface area contributed by atoms with Gasteiger partial charge < -0.3 is 19.9 Å². The number of carbonyl (C=O) groups excluding carboxylic acids is 1. The van der Waals surface area contributed by atoms with Gasteiger partial charge in [0.05, 0.1) is 5.56 Å². The van der Waals surface area contributed by atoms with Gasteiger partial charge >= 0.3 is 6.09 Å². The zero-order valence-electron chi connectivity index (χ0n) is 24.6. The maximum absolute atomic E-state index is 14.8. The zero-order valence-corrected chi connectivity index (χ0v) is 24.6. The predicted octanol–water partition coefficient (Wildman–Crippen LogP) is 7.34. The average molecular weight is 579 g/mol. The second-order valence-electron chi connectivity index (χ2n) is 12.7. The number of amides is 2. The number of hydrogen-bond acceptors (Lipinski definition) is 3. The molecule has 2 amide bonds. The van der Waals surface area contributed by atoms with Crippen molar-refractivity contribution < 1.29 is 19.1 Å². The van der Waals surface area contributed by atoms with Crippen LogP contribution < -0.4 is 5.32 Å². The molecule has 2 bridgehead atoms. The van der Waals surface area contributed by atoms with Crippen LogP contribution in [0.1, 0.15) is 61.9 Å². The van der Waals surface area contributed by atoms with Crippen LogP contribution in [0.4, 0.5) is 9.18 Å². The highest BCUT2D eigenvalue weighted by Crippen LogP contribution is 2.43. The van der Waals surface area contributed by atoms with Gasteiger partial charge in [-0.3, -0.25) is 4.79 Å². The number of carboxylic acid groups (broad SMARTS) is 1. The lowest BCUT2D eigenvalue weighted by molar-refractivity contribution is 0.0494. The highest BCUT2D eigenvalue weighted by molar-refractivity contribution is 5.99. The molecule has 2 saturated heterocycles. The number of nitrogens with zero attached hydrogens (tertiary/aromatic N) is 3. The second-order valence-corrected chi connectivity index (χ2v) is 12.7. The molecule has 2 atom stereocenters.